The van der Waals surface area contributed by atoms with E-state index in [0.717, 1.165) is 37.0 Å². The first-order valence-corrected chi connectivity index (χ1v) is 11.7. The number of halogens is 1. The topological polar surface area (TPSA) is 49.4 Å². The maximum absolute atomic E-state index is 13.4. The summed E-state index contributed by atoms with van der Waals surface area (Å²) in [5.41, 5.74) is 2.20. The molecular formula is C24H25ClN2O2S. The second kappa shape index (κ2) is 9.27. The van der Waals surface area contributed by atoms with Crippen molar-refractivity contribution >= 4 is 40.9 Å². The molecule has 0 spiro atoms. The van der Waals surface area contributed by atoms with Gasteiger partial charge in [-0.25, -0.2) is 4.90 Å². The van der Waals surface area contributed by atoms with Crippen molar-refractivity contribution in [2.24, 2.45) is 0 Å². The third-order valence-corrected chi connectivity index (χ3v) is 6.97. The third kappa shape index (κ3) is 4.42. The molecule has 30 heavy (non-hydrogen) atoms. The molecule has 0 unspecified atom stereocenters. The largest absolute Gasteiger partial charge is 0.377 e. The molecule has 1 fully saturated rings. The number of carbonyl (C=O) groups excluding carboxylic acids is 2. The lowest BCUT2D eigenvalue weighted by molar-refractivity contribution is -0.120. The van der Waals surface area contributed by atoms with Crippen LogP contribution in [0.3, 0.4) is 0 Å². The number of benzene rings is 2. The van der Waals surface area contributed by atoms with Crippen LogP contribution < -0.4 is 10.2 Å². The zero-order chi connectivity index (χ0) is 21.1. The van der Waals surface area contributed by atoms with E-state index >= 15 is 0 Å². The van der Waals surface area contributed by atoms with Crippen LogP contribution in [0.1, 0.15) is 44.6 Å². The van der Waals surface area contributed by atoms with Crippen molar-refractivity contribution in [1.82, 2.24) is 5.32 Å². The van der Waals surface area contributed by atoms with Crippen LogP contribution in [0.4, 0.5) is 5.69 Å². The smallest absolute Gasteiger partial charge is 0.282 e. The molecule has 0 radical (unpaired) electrons. The molecule has 156 valence electrons. The Bertz CT molecular complexity index is 964. The summed E-state index contributed by atoms with van der Waals surface area (Å²) in [7, 11) is 0. The van der Waals surface area contributed by atoms with Crippen LogP contribution in [-0.4, -0.2) is 17.9 Å². The van der Waals surface area contributed by atoms with Gasteiger partial charge in [0, 0.05) is 16.0 Å². The van der Waals surface area contributed by atoms with Crippen LogP contribution in [0.2, 0.25) is 5.02 Å². The number of anilines is 1. The normalized spacial score (nSPS) is 17.7. The standard InChI is InChI=1S/C24H25ClN2O2S/c1-2-16-8-12-19(13-9-16)27-23(28)21(26-18-6-4-3-5-7-18)22(24(27)29)30-20-14-10-17(25)11-15-20/h8-15,18,26H,2-7H2,1H3. The van der Waals surface area contributed by atoms with Gasteiger partial charge in [-0.05, 0) is 61.2 Å². The maximum atomic E-state index is 13.4. The molecule has 0 aromatic heterocycles. The number of hydrogen-bond donors (Lipinski definition) is 1. The molecule has 2 amide bonds. The number of aryl methyl sites for hydroxylation is 1. The molecular weight excluding hydrogens is 416 g/mol. The van der Waals surface area contributed by atoms with Gasteiger partial charge in [-0.1, -0.05) is 61.7 Å². The lowest BCUT2D eigenvalue weighted by Gasteiger charge is -2.24. The van der Waals surface area contributed by atoms with Gasteiger partial charge in [-0.15, -0.1) is 0 Å². The van der Waals surface area contributed by atoms with Crippen molar-refractivity contribution in [3.63, 3.8) is 0 Å². The number of nitrogens with zero attached hydrogens (tertiary/aromatic N) is 1. The molecule has 4 rings (SSSR count). The van der Waals surface area contributed by atoms with E-state index < -0.39 is 0 Å². The molecule has 1 saturated carbocycles. The second-order valence-corrected chi connectivity index (χ2v) is 9.23. The van der Waals surface area contributed by atoms with E-state index in [9.17, 15) is 9.59 Å². The molecule has 1 aliphatic heterocycles. The number of amides is 2. The zero-order valence-electron chi connectivity index (χ0n) is 17.0. The average Bonchev–Trinajstić information content (AvgIpc) is 3.00. The minimum absolute atomic E-state index is 0.230. The highest BCUT2D eigenvalue weighted by molar-refractivity contribution is 8.04. The summed E-state index contributed by atoms with van der Waals surface area (Å²) >= 11 is 7.32. The van der Waals surface area contributed by atoms with Crippen LogP contribution in [0.15, 0.2) is 64.0 Å². The number of imide groups is 1. The molecule has 2 aromatic carbocycles. The van der Waals surface area contributed by atoms with Gasteiger partial charge in [0.1, 0.15) is 10.6 Å². The van der Waals surface area contributed by atoms with Gasteiger partial charge >= 0.3 is 0 Å². The van der Waals surface area contributed by atoms with E-state index in [1.54, 1.807) is 12.1 Å². The van der Waals surface area contributed by atoms with Gasteiger partial charge in [0.25, 0.3) is 11.8 Å². The predicted molar refractivity (Wildman–Crippen MR) is 123 cm³/mol. The van der Waals surface area contributed by atoms with Gasteiger partial charge in [-0.3, -0.25) is 9.59 Å². The van der Waals surface area contributed by atoms with Crippen molar-refractivity contribution in [3.8, 4) is 0 Å². The number of carbonyl (C=O) groups is 2. The van der Waals surface area contributed by atoms with E-state index in [1.807, 2.05) is 36.4 Å². The first-order chi connectivity index (χ1) is 14.6. The van der Waals surface area contributed by atoms with Crippen molar-refractivity contribution in [2.45, 2.75) is 56.4 Å². The van der Waals surface area contributed by atoms with Crippen molar-refractivity contribution in [1.29, 1.82) is 0 Å². The molecule has 0 atom stereocenters. The van der Waals surface area contributed by atoms with Gasteiger partial charge in [0.15, 0.2) is 0 Å². The van der Waals surface area contributed by atoms with E-state index in [4.69, 9.17) is 11.6 Å². The van der Waals surface area contributed by atoms with Crippen molar-refractivity contribution in [2.75, 3.05) is 4.90 Å². The van der Waals surface area contributed by atoms with Gasteiger partial charge in [-0.2, -0.15) is 0 Å². The molecule has 2 aromatic rings. The summed E-state index contributed by atoms with van der Waals surface area (Å²) in [6.45, 7) is 2.08. The number of thioether (sulfide) groups is 1. The highest BCUT2D eigenvalue weighted by Gasteiger charge is 2.40. The van der Waals surface area contributed by atoms with E-state index in [2.05, 4.69) is 12.2 Å². The Labute approximate surface area is 186 Å². The minimum atomic E-state index is -0.275. The SMILES string of the molecule is CCc1ccc(N2C(=O)C(NC3CCCCC3)=C(Sc3ccc(Cl)cc3)C2=O)cc1. The minimum Gasteiger partial charge on any atom is -0.377 e. The first kappa shape index (κ1) is 21.0. The summed E-state index contributed by atoms with van der Waals surface area (Å²) < 4.78 is 0. The van der Waals surface area contributed by atoms with E-state index in [0.29, 0.717) is 21.3 Å². The summed E-state index contributed by atoms with van der Waals surface area (Å²) in [6.07, 6.45) is 6.48. The lowest BCUT2D eigenvalue weighted by Crippen LogP contribution is -2.37. The molecule has 2 aliphatic rings. The highest BCUT2D eigenvalue weighted by atomic mass is 35.5. The van der Waals surface area contributed by atoms with E-state index in [-0.39, 0.29) is 17.9 Å². The molecule has 4 nitrogen and oxygen atoms in total. The zero-order valence-corrected chi connectivity index (χ0v) is 18.6. The summed E-state index contributed by atoms with van der Waals surface area (Å²) in [4.78, 5) is 29.3. The molecule has 0 saturated heterocycles. The Morgan fingerprint density at radius 1 is 0.967 bits per heavy atom. The fourth-order valence-electron chi connectivity index (χ4n) is 3.92. The van der Waals surface area contributed by atoms with E-state index in [1.165, 1.54) is 28.6 Å². The summed E-state index contributed by atoms with van der Waals surface area (Å²) in [5, 5.41) is 4.06. The quantitative estimate of drug-likeness (QED) is 0.585. The van der Waals surface area contributed by atoms with Crippen LogP contribution in [0.5, 0.6) is 0 Å². The number of nitrogens with one attached hydrogen (secondary N) is 1. The van der Waals surface area contributed by atoms with Gasteiger partial charge < -0.3 is 5.32 Å². The fraction of sp³-hybridized carbons (Fsp3) is 0.333. The third-order valence-electron chi connectivity index (χ3n) is 5.63. The lowest BCUT2D eigenvalue weighted by atomic mass is 9.95. The second-order valence-electron chi connectivity index (χ2n) is 7.71. The monoisotopic (exact) mass is 440 g/mol. The predicted octanol–water partition coefficient (Wildman–Crippen LogP) is 5.70. The molecule has 1 aliphatic carbocycles. The van der Waals surface area contributed by atoms with Crippen molar-refractivity contribution in [3.05, 3.63) is 69.7 Å². The molecule has 1 N–H and O–H groups in total. The van der Waals surface area contributed by atoms with Crippen LogP contribution >= 0.6 is 23.4 Å². The summed E-state index contributed by atoms with van der Waals surface area (Å²) in [5.74, 6) is -0.547. The van der Waals surface area contributed by atoms with Gasteiger partial charge in [0.05, 0.1) is 5.69 Å². The Balaban J connectivity index is 1.66. The highest BCUT2D eigenvalue weighted by Crippen LogP contribution is 2.37. The van der Waals surface area contributed by atoms with Crippen molar-refractivity contribution < 1.29 is 9.59 Å². The summed E-state index contributed by atoms with van der Waals surface area (Å²) in [6, 6.07) is 15.2. The number of hydrogen-bond acceptors (Lipinski definition) is 4. The Kier molecular flexibility index (Phi) is 6.49. The Morgan fingerprint density at radius 2 is 1.63 bits per heavy atom. The maximum Gasteiger partial charge on any atom is 0.282 e. The Morgan fingerprint density at radius 3 is 2.27 bits per heavy atom. The Hall–Kier alpha value is -2.24. The first-order valence-electron chi connectivity index (χ1n) is 10.5. The van der Waals surface area contributed by atoms with Crippen LogP contribution in [0.25, 0.3) is 0 Å². The fourth-order valence-corrected chi connectivity index (χ4v) is 4.98. The van der Waals surface area contributed by atoms with Gasteiger partial charge in [0.2, 0.25) is 0 Å². The molecule has 0 bridgehead atoms. The number of rotatable bonds is 6. The van der Waals surface area contributed by atoms with Crippen LogP contribution in [0, 0.1) is 0 Å². The van der Waals surface area contributed by atoms with Crippen LogP contribution in [-0.2, 0) is 16.0 Å². The molecule has 1 heterocycles. The molecule has 6 heteroatoms. The average molecular weight is 441 g/mol.